The van der Waals surface area contributed by atoms with E-state index in [1.54, 1.807) is 11.0 Å². The van der Waals surface area contributed by atoms with Crippen LogP contribution in [0.4, 0.5) is 0 Å². The molecule has 1 heterocycles. The minimum Gasteiger partial charge on any atom is -0.490 e. The van der Waals surface area contributed by atoms with Crippen LogP contribution in [0, 0.1) is 0 Å². The van der Waals surface area contributed by atoms with Crippen molar-refractivity contribution in [1.82, 2.24) is 10.2 Å². The molecule has 6 nitrogen and oxygen atoms in total. The van der Waals surface area contributed by atoms with Gasteiger partial charge in [0.1, 0.15) is 6.04 Å². The van der Waals surface area contributed by atoms with Crippen molar-refractivity contribution >= 4 is 17.9 Å². The predicted octanol–water partition coefficient (Wildman–Crippen LogP) is 2.23. The summed E-state index contributed by atoms with van der Waals surface area (Å²) in [6.45, 7) is 7.85. The van der Waals surface area contributed by atoms with Gasteiger partial charge in [-0.25, -0.2) is 0 Å². The summed E-state index contributed by atoms with van der Waals surface area (Å²) in [5, 5.41) is 2.79. The third-order valence-corrected chi connectivity index (χ3v) is 3.99. The van der Waals surface area contributed by atoms with E-state index < -0.39 is 6.04 Å². The first-order chi connectivity index (χ1) is 12.1. The molecule has 0 aromatic heterocycles. The van der Waals surface area contributed by atoms with Crippen molar-refractivity contribution in [3.8, 4) is 11.5 Å². The molecule has 0 spiro atoms. The lowest BCUT2D eigenvalue weighted by Gasteiger charge is -2.33. The number of carbonyl (C=O) groups excluding carboxylic acids is 2. The second-order valence-electron chi connectivity index (χ2n) is 5.65. The van der Waals surface area contributed by atoms with E-state index in [9.17, 15) is 9.59 Å². The van der Waals surface area contributed by atoms with Crippen LogP contribution in [0.2, 0.25) is 0 Å². The fourth-order valence-corrected chi connectivity index (χ4v) is 2.82. The maximum Gasteiger partial charge on any atom is 0.247 e. The van der Waals surface area contributed by atoms with Crippen molar-refractivity contribution in [2.45, 2.75) is 33.2 Å². The predicted molar refractivity (Wildman–Crippen MR) is 96.6 cm³/mol. The summed E-state index contributed by atoms with van der Waals surface area (Å²) >= 11 is 0. The number of piperazine rings is 1. The highest BCUT2D eigenvalue weighted by atomic mass is 16.5. The Kier molecular flexibility index (Phi) is 6.86. The number of nitrogens with one attached hydrogen (secondary N) is 1. The lowest BCUT2D eigenvalue weighted by molar-refractivity contribution is -0.140. The normalized spacial score (nSPS) is 17.5. The van der Waals surface area contributed by atoms with E-state index in [2.05, 4.69) is 5.32 Å². The summed E-state index contributed by atoms with van der Waals surface area (Å²) in [6.07, 6.45) is 3.84. The molecule has 0 aliphatic carbocycles. The summed E-state index contributed by atoms with van der Waals surface area (Å²) in [5.74, 6) is 1.10. The number of hydrogen-bond donors (Lipinski definition) is 1. The molecule has 2 rings (SSSR count). The molecular formula is C19H26N2O4. The maximum absolute atomic E-state index is 12.5. The van der Waals surface area contributed by atoms with Crippen molar-refractivity contribution in [1.29, 1.82) is 0 Å². The first kappa shape index (κ1) is 18.8. The van der Waals surface area contributed by atoms with Crippen molar-refractivity contribution in [2.75, 3.05) is 26.3 Å². The largest absolute Gasteiger partial charge is 0.490 e. The molecule has 25 heavy (non-hydrogen) atoms. The molecule has 1 aliphatic rings. The zero-order valence-corrected chi connectivity index (χ0v) is 15.1. The SMILES string of the molecule is CCOc1ccc(/C=C/C(=O)N2CCNC(=O)C2CC)cc1OCC. The van der Waals surface area contributed by atoms with Gasteiger partial charge in [0.05, 0.1) is 13.2 Å². The highest BCUT2D eigenvalue weighted by Gasteiger charge is 2.30. The molecule has 1 N–H and O–H groups in total. The van der Waals surface area contributed by atoms with Crippen LogP contribution in [-0.2, 0) is 9.59 Å². The molecule has 1 saturated heterocycles. The Labute approximate surface area is 148 Å². The Morgan fingerprint density at radius 2 is 1.96 bits per heavy atom. The Bertz CT molecular complexity index is 642. The smallest absolute Gasteiger partial charge is 0.247 e. The van der Waals surface area contributed by atoms with Gasteiger partial charge in [0.15, 0.2) is 11.5 Å². The lowest BCUT2D eigenvalue weighted by atomic mass is 10.1. The van der Waals surface area contributed by atoms with Crippen molar-refractivity contribution in [3.63, 3.8) is 0 Å². The molecule has 136 valence electrons. The monoisotopic (exact) mass is 346 g/mol. The first-order valence-corrected chi connectivity index (χ1v) is 8.76. The van der Waals surface area contributed by atoms with Crippen molar-refractivity contribution in [2.24, 2.45) is 0 Å². The van der Waals surface area contributed by atoms with Crippen LogP contribution in [-0.4, -0.2) is 49.1 Å². The fraction of sp³-hybridized carbons (Fsp3) is 0.474. The summed E-state index contributed by atoms with van der Waals surface area (Å²) in [5.41, 5.74) is 0.842. The molecule has 1 aromatic carbocycles. The summed E-state index contributed by atoms with van der Waals surface area (Å²) < 4.78 is 11.1. The van der Waals surface area contributed by atoms with Gasteiger partial charge < -0.3 is 19.7 Å². The fourth-order valence-electron chi connectivity index (χ4n) is 2.82. The number of rotatable bonds is 7. The third kappa shape index (κ3) is 4.75. The second-order valence-corrected chi connectivity index (χ2v) is 5.65. The number of nitrogens with zero attached hydrogens (tertiary/aromatic N) is 1. The Morgan fingerprint density at radius 3 is 2.64 bits per heavy atom. The van der Waals surface area contributed by atoms with E-state index in [1.165, 1.54) is 6.08 Å². The Hall–Kier alpha value is -2.50. The van der Waals surface area contributed by atoms with Crippen LogP contribution in [0.1, 0.15) is 32.8 Å². The first-order valence-electron chi connectivity index (χ1n) is 8.76. The number of hydrogen-bond acceptors (Lipinski definition) is 4. The van der Waals surface area contributed by atoms with Gasteiger partial charge in [0.25, 0.3) is 0 Å². The molecule has 1 aliphatic heterocycles. The molecule has 1 aromatic rings. The molecule has 0 bridgehead atoms. The Balaban J connectivity index is 2.13. The van der Waals surface area contributed by atoms with E-state index in [0.717, 1.165) is 5.56 Å². The standard InChI is InChI=1S/C19H26N2O4/c1-4-15-19(23)20-11-12-21(15)18(22)10-8-14-7-9-16(24-5-2)17(13-14)25-6-3/h7-10,13,15H,4-6,11-12H2,1-3H3,(H,20,23)/b10-8+. The van der Waals surface area contributed by atoms with E-state index in [4.69, 9.17) is 9.47 Å². The third-order valence-electron chi connectivity index (χ3n) is 3.99. The molecule has 1 atom stereocenters. The van der Waals surface area contributed by atoms with Crippen molar-refractivity contribution in [3.05, 3.63) is 29.8 Å². The highest BCUT2D eigenvalue weighted by molar-refractivity contribution is 5.96. The van der Waals surface area contributed by atoms with Gasteiger partial charge >= 0.3 is 0 Å². The van der Waals surface area contributed by atoms with E-state index in [0.29, 0.717) is 44.2 Å². The maximum atomic E-state index is 12.5. The van der Waals surface area contributed by atoms with Gasteiger partial charge in [-0.05, 0) is 44.0 Å². The van der Waals surface area contributed by atoms with Gasteiger partial charge in [-0.15, -0.1) is 0 Å². The number of ether oxygens (including phenoxy) is 2. The van der Waals surface area contributed by atoms with Crippen molar-refractivity contribution < 1.29 is 19.1 Å². The van der Waals surface area contributed by atoms with Gasteiger partial charge in [-0.1, -0.05) is 13.0 Å². The molecule has 6 heteroatoms. The second kappa shape index (κ2) is 9.11. The minimum absolute atomic E-state index is 0.0878. The zero-order chi connectivity index (χ0) is 18.2. The Morgan fingerprint density at radius 1 is 1.24 bits per heavy atom. The quantitative estimate of drug-likeness (QED) is 0.769. The highest BCUT2D eigenvalue weighted by Crippen LogP contribution is 2.29. The summed E-state index contributed by atoms with van der Waals surface area (Å²) in [4.78, 5) is 26.0. The zero-order valence-electron chi connectivity index (χ0n) is 15.1. The van der Waals surface area contributed by atoms with Crippen LogP contribution in [0.3, 0.4) is 0 Å². The average Bonchev–Trinajstić information content (AvgIpc) is 2.61. The van der Waals surface area contributed by atoms with Crippen LogP contribution >= 0.6 is 0 Å². The lowest BCUT2D eigenvalue weighted by Crippen LogP contribution is -2.56. The summed E-state index contributed by atoms with van der Waals surface area (Å²) in [7, 11) is 0. The van der Waals surface area contributed by atoms with Gasteiger partial charge in [0.2, 0.25) is 11.8 Å². The van der Waals surface area contributed by atoms with Gasteiger partial charge in [0, 0.05) is 19.2 Å². The summed E-state index contributed by atoms with van der Waals surface area (Å²) in [6, 6.07) is 5.16. The van der Waals surface area contributed by atoms with Crippen LogP contribution in [0.5, 0.6) is 11.5 Å². The number of amides is 2. The molecule has 1 fully saturated rings. The molecule has 0 saturated carbocycles. The van der Waals surface area contributed by atoms with E-state index >= 15 is 0 Å². The minimum atomic E-state index is -0.398. The number of carbonyl (C=O) groups is 2. The molecule has 0 radical (unpaired) electrons. The molecule has 1 unspecified atom stereocenters. The average molecular weight is 346 g/mol. The molecule has 2 amide bonds. The van der Waals surface area contributed by atoms with Crippen LogP contribution in [0.15, 0.2) is 24.3 Å². The van der Waals surface area contributed by atoms with Gasteiger partial charge in [-0.2, -0.15) is 0 Å². The van der Waals surface area contributed by atoms with E-state index in [-0.39, 0.29) is 11.8 Å². The van der Waals surface area contributed by atoms with Gasteiger partial charge in [-0.3, -0.25) is 9.59 Å². The topological polar surface area (TPSA) is 67.9 Å². The van der Waals surface area contributed by atoms with Crippen LogP contribution in [0.25, 0.3) is 6.08 Å². The molecular weight excluding hydrogens is 320 g/mol. The van der Waals surface area contributed by atoms with E-state index in [1.807, 2.05) is 39.0 Å². The number of benzene rings is 1. The van der Waals surface area contributed by atoms with Crippen LogP contribution < -0.4 is 14.8 Å².